The maximum Gasteiger partial charge on any atom is 0.292 e. The first kappa shape index (κ1) is 11.6. The molecule has 3 N–H and O–H groups in total. The SMILES string of the molecule is NC1CCC(c2nc(C(=O)NC3CC3)no2)CC1. The van der Waals surface area contributed by atoms with Gasteiger partial charge in [0.1, 0.15) is 0 Å². The highest BCUT2D eigenvalue weighted by atomic mass is 16.5. The van der Waals surface area contributed by atoms with Gasteiger partial charge in [0.2, 0.25) is 5.89 Å². The van der Waals surface area contributed by atoms with Crippen LogP contribution in [0.3, 0.4) is 0 Å². The third-order valence-corrected chi connectivity index (χ3v) is 3.68. The lowest BCUT2D eigenvalue weighted by molar-refractivity contribution is 0.0937. The van der Waals surface area contributed by atoms with E-state index in [0.717, 1.165) is 38.5 Å². The fourth-order valence-electron chi connectivity index (χ4n) is 2.34. The number of carbonyl (C=O) groups is 1. The van der Waals surface area contributed by atoms with Crippen molar-refractivity contribution < 1.29 is 9.32 Å². The van der Waals surface area contributed by atoms with Gasteiger partial charge in [-0.2, -0.15) is 4.98 Å². The highest BCUT2D eigenvalue weighted by Crippen LogP contribution is 2.31. The molecule has 0 atom stereocenters. The molecule has 1 aromatic rings. The topological polar surface area (TPSA) is 94.0 Å². The fraction of sp³-hybridized carbons (Fsp3) is 0.750. The Balaban J connectivity index is 1.63. The van der Waals surface area contributed by atoms with Crippen LogP contribution in [0.5, 0.6) is 0 Å². The van der Waals surface area contributed by atoms with E-state index in [4.69, 9.17) is 10.3 Å². The van der Waals surface area contributed by atoms with Crippen LogP contribution in [-0.2, 0) is 0 Å². The summed E-state index contributed by atoms with van der Waals surface area (Å²) in [4.78, 5) is 15.9. The van der Waals surface area contributed by atoms with Gasteiger partial charge in [-0.15, -0.1) is 0 Å². The summed E-state index contributed by atoms with van der Waals surface area (Å²) in [6.45, 7) is 0. The minimum Gasteiger partial charge on any atom is -0.346 e. The maximum absolute atomic E-state index is 11.7. The Morgan fingerprint density at radius 2 is 1.94 bits per heavy atom. The summed E-state index contributed by atoms with van der Waals surface area (Å²) in [6.07, 6.45) is 6.00. The Bertz CT molecular complexity index is 433. The third-order valence-electron chi connectivity index (χ3n) is 3.68. The largest absolute Gasteiger partial charge is 0.346 e. The molecule has 0 aromatic carbocycles. The van der Waals surface area contributed by atoms with E-state index in [0.29, 0.717) is 18.0 Å². The van der Waals surface area contributed by atoms with Gasteiger partial charge < -0.3 is 15.6 Å². The van der Waals surface area contributed by atoms with E-state index in [-0.39, 0.29) is 17.6 Å². The molecule has 2 aliphatic carbocycles. The average Bonchev–Trinajstić information content (AvgIpc) is 3.04. The lowest BCUT2D eigenvalue weighted by Crippen LogP contribution is -2.27. The minimum absolute atomic E-state index is 0.159. The van der Waals surface area contributed by atoms with Crippen LogP contribution in [0.2, 0.25) is 0 Å². The van der Waals surface area contributed by atoms with Gasteiger partial charge in [0.05, 0.1) is 0 Å². The predicted octanol–water partition coefficient (Wildman–Crippen LogP) is 0.947. The molecule has 6 heteroatoms. The van der Waals surface area contributed by atoms with Crippen LogP contribution in [0.15, 0.2) is 4.52 Å². The molecule has 0 unspecified atom stereocenters. The molecule has 2 aliphatic rings. The standard InChI is InChI=1S/C12H18N4O2/c13-8-3-1-7(2-4-8)12-15-10(16-18-12)11(17)14-9-5-6-9/h7-9H,1-6,13H2,(H,14,17). The fourth-order valence-corrected chi connectivity index (χ4v) is 2.34. The van der Waals surface area contributed by atoms with Gasteiger partial charge in [-0.1, -0.05) is 5.16 Å². The van der Waals surface area contributed by atoms with Gasteiger partial charge in [0.15, 0.2) is 0 Å². The summed E-state index contributed by atoms with van der Waals surface area (Å²) in [5.41, 5.74) is 5.86. The molecule has 1 amide bonds. The number of nitrogens with two attached hydrogens (primary N) is 1. The Morgan fingerprint density at radius 3 is 2.61 bits per heavy atom. The molecule has 0 aliphatic heterocycles. The summed E-state index contributed by atoms with van der Waals surface area (Å²) in [6, 6.07) is 0.605. The van der Waals surface area contributed by atoms with Crippen molar-refractivity contribution in [3.8, 4) is 0 Å². The lowest BCUT2D eigenvalue weighted by Gasteiger charge is -2.22. The molecular weight excluding hydrogens is 232 g/mol. The molecule has 0 radical (unpaired) electrons. The first-order chi connectivity index (χ1) is 8.72. The highest BCUT2D eigenvalue weighted by molar-refractivity contribution is 5.90. The van der Waals surface area contributed by atoms with Crippen molar-refractivity contribution in [2.24, 2.45) is 5.73 Å². The molecular formula is C12H18N4O2. The Labute approximate surface area is 105 Å². The Hall–Kier alpha value is -1.43. The molecule has 6 nitrogen and oxygen atoms in total. The van der Waals surface area contributed by atoms with E-state index in [1.54, 1.807) is 0 Å². The van der Waals surface area contributed by atoms with E-state index < -0.39 is 0 Å². The minimum atomic E-state index is -0.222. The van der Waals surface area contributed by atoms with Crippen molar-refractivity contribution >= 4 is 5.91 Å². The van der Waals surface area contributed by atoms with Gasteiger partial charge in [0.25, 0.3) is 11.7 Å². The molecule has 2 fully saturated rings. The van der Waals surface area contributed by atoms with Crippen molar-refractivity contribution in [2.45, 2.75) is 56.5 Å². The van der Waals surface area contributed by atoms with Crippen molar-refractivity contribution in [1.82, 2.24) is 15.5 Å². The van der Waals surface area contributed by atoms with Crippen LogP contribution >= 0.6 is 0 Å². The van der Waals surface area contributed by atoms with Crippen molar-refractivity contribution in [3.05, 3.63) is 11.7 Å². The van der Waals surface area contributed by atoms with Crippen LogP contribution in [0.4, 0.5) is 0 Å². The molecule has 3 rings (SSSR count). The van der Waals surface area contributed by atoms with E-state index in [1.807, 2.05) is 0 Å². The molecule has 1 heterocycles. The smallest absolute Gasteiger partial charge is 0.292 e. The quantitative estimate of drug-likeness (QED) is 0.832. The number of amides is 1. The molecule has 18 heavy (non-hydrogen) atoms. The number of aromatic nitrogens is 2. The average molecular weight is 250 g/mol. The van der Waals surface area contributed by atoms with E-state index in [2.05, 4.69) is 15.5 Å². The predicted molar refractivity (Wildman–Crippen MR) is 64.0 cm³/mol. The number of nitrogens with one attached hydrogen (secondary N) is 1. The van der Waals surface area contributed by atoms with Crippen molar-refractivity contribution in [3.63, 3.8) is 0 Å². The van der Waals surface area contributed by atoms with E-state index in [1.165, 1.54) is 0 Å². The summed E-state index contributed by atoms with van der Waals surface area (Å²) >= 11 is 0. The van der Waals surface area contributed by atoms with Crippen molar-refractivity contribution in [1.29, 1.82) is 0 Å². The third kappa shape index (κ3) is 2.53. The maximum atomic E-state index is 11.7. The van der Waals surface area contributed by atoms with E-state index in [9.17, 15) is 4.79 Å². The lowest BCUT2D eigenvalue weighted by atomic mass is 9.86. The molecule has 2 saturated carbocycles. The van der Waals surface area contributed by atoms with E-state index >= 15 is 0 Å². The van der Waals surface area contributed by atoms with Gasteiger partial charge >= 0.3 is 0 Å². The second-order valence-corrected chi connectivity index (χ2v) is 5.32. The Kier molecular flexibility index (Phi) is 3.03. The highest BCUT2D eigenvalue weighted by Gasteiger charge is 2.28. The van der Waals surface area contributed by atoms with Crippen LogP contribution < -0.4 is 11.1 Å². The zero-order valence-corrected chi connectivity index (χ0v) is 10.3. The summed E-state index contributed by atoms with van der Waals surface area (Å²) in [5.74, 6) is 0.786. The Morgan fingerprint density at radius 1 is 1.22 bits per heavy atom. The van der Waals surface area contributed by atoms with Gasteiger partial charge in [-0.25, -0.2) is 0 Å². The van der Waals surface area contributed by atoms with Crippen LogP contribution in [-0.4, -0.2) is 28.1 Å². The monoisotopic (exact) mass is 250 g/mol. The molecule has 0 spiro atoms. The summed E-state index contributed by atoms with van der Waals surface area (Å²) in [5, 5.41) is 6.61. The summed E-state index contributed by atoms with van der Waals surface area (Å²) < 4.78 is 5.20. The number of rotatable bonds is 3. The van der Waals surface area contributed by atoms with Gasteiger partial charge in [-0.3, -0.25) is 4.79 Å². The first-order valence-electron chi connectivity index (χ1n) is 6.62. The molecule has 0 saturated heterocycles. The van der Waals surface area contributed by atoms with Crippen molar-refractivity contribution in [2.75, 3.05) is 0 Å². The number of hydrogen-bond donors (Lipinski definition) is 2. The number of hydrogen-bond acceptors (Lipinski definition) is 5. The zero-order chi connectivity index (χ0) is 12.5. The van der Waals surface area contributed by atoms with Gasteiger partial charge in [0, 0.05) is 18.0 Å². The normalized spacial score (nSPS) is 28.1. The first-order valence-corrected chi connectivity index (χ1v) is 6.62. The summed E-state index contributed by atoms with van der Waals surface area (Å²) in [7, 11) is 0. The molecule has 1 aromatic heterocycles. The van der Waals surface area contributed by atoms with Crippen LogP contribution in [0.1, 0.15) is 61.0 Å². The number of nitrogens with zero attached hydrogens (tertiary/aromatic N) is 2. The molecule has 98 valence electrons. The van der Waals surface area contributed by atoms with Crippen LogP contribution in [0.25, 0.3) is 0 Å². The molecule has 0 bridgehead atoms. The second-order valence-electron chi connectivity index (χ2n) is 5.32. The van der Waals surface area contributed by atoms with Crippen LogP contribution in [0, 0.1) is 0 Å². The number of carbonyl (C=O) groups excluding carboxylic acids is 1. The van der Waals surface area contributed by atoms with Gasteiger partial charge in [-0.05, 0) is 38.5 Å². The zero-order valence-electron chi connectivity index (χ0n) is 10.3. The second kappa shape index (κ2) is 4.68.